The molecule has 6 heteroatoms. The first kappa shape index (κ1) is 14.4. The third-order valence-electron chi connectivity index (χ3n) is 3.59. The van der Waals surface area contributed by atoms with Gasteiger partial charge in [0.2, 0.25) is 0 Å². The van der Waals surface area contributed by atoms with Crippen molar-refractivity contribution in [2.45, 2.75) is 19.8 Å². The largest absolute Gasteiger partial charge is 0.398 e. The van der Waals surface area contributed by atoms with Gasteiger partial charge in [-0.1, -0.05) is 6.07 Å². The van der Waals surface area contributed by atoms with Crippen LogP contribution in [0.25, 0.3) is 0 Å². The van der Waals surface area contributed by atoms with Crippen molar-refractivity contribution in [1.29, 1.82) is 0 Å². The average molecular weight is 293 g/mol. The molecule has 0 unspecified atom stereocenters. The van der Waals surface area contributed by atoms with Crippen LogP contribution in [0, 0.1) is 6.92 Å². The van der Waals surface area contributed by atoms with Crippen LogP contribution in [0.4, 0.5) is 11.4 Å². The number of nitrogens with two attached hydrogens (primary N) is 1. The molecule has 1 amide bonds. The van der Waals surface area contributed by atoms with Crippen LogP contribution in [-0.4, -0.2) is 22.6 Å². The molecule has 5 nitrogen and oxygen atoms in total. The molecule has 0 bridgehead atoms. The van der Waals surface area contributed by atoms with Gasteiger partial charge in [0.25, 0.3) is 5.91 Å². The van der Waals surface area contributed by atoms with Crippen molar-refractivity contribution in [3.8, 4) is 0 Å². The number of nitrogen functional groups attached to an aromatic ring is 1. The number of nitrogens with one attached hydrogen (secondary N) is 1. The zero-order chi connectivity index (χ0) is 13.4. The Morgan fingerprint density at radius 1 is 1.45 bits per heavy atom. The molecule has 1 aliphatic rings. The van der Waals surface area contributed by atoms with E-state index in [9.17, 15) is 4.79 Å². The van der Waals surface area contributed by atoms with E-state index in [4.69, 9.17) is 5.73 Å². The summed E-state index contributed by atoms with van der Waals surface area (Å²) in [6.07, 6.45) is 3.44. The van der Waals surface area contributed by atoms with Crippen LogP contribution in [0.2, 0.25) is 0 Å². The van der Waals surface area contributed by atoms with E-state index in [2.05, 4.69) is 10.2 Å². The summed E-state index contributed by atoms with van der Waals surface area (Å²) in [5.74, 6) is -0.0159. The lowest BCUT2D eigenvalue weighted by atomic mass is 9.99. The highest BCUT2D eigenvalue weighted by Gasteiger charge is 2.26. The number of aryl methyl sites for hydroxylation is 1. The van der Waals surface area contributed by atoms with E-state index in [0.29, 0.717) is 5.56 Å². The molecule has 1 aromatic carbocycles. The number of hydrogen-bond acceptors (Lipinski definition) is 3. The minimum Gasteiger partial charge on any atom is -0.398 e. The summed E-state index contributed by atoms with van der Waals surface area (Å²) in [5.41, 5.74) is 10.2. The Morgan fingerprint density at radius 2 is 2.25 bits per heavy atom. The summed E-state index contributed by atoms with van der Waals surface area (Å²) in [4.78, 5) is 14.4. The molecule has 0 fully saturated rings. The van der Waals surface area contributed by atoms with Crippen LogP contribution in [0.1, 0.15) is 28.0 Å². The van der Waals surface area contributed by atoms with Gasteiger partial charge in [0, 0.05) is 23.6 Å². The fourth-order valence-corrected chi connectivity index (χ4v) is 2.57. The van der Waals surface area contributed by atoms with E-state index in [1.807, 2.05) is 25.1 Å². The van der Waals surface area contributed by atoms with Gasteiger partial charge in [0.05, 0.1) is 11.8 Å². The number of fused-ring (bicyclic) bond motifs is 1. The van der Waals surface area contributed by atoms with Gasteiger partial charge in [-0.25, -0.2) is 0 Å². The van der Waals surface area contributed by atoms with Crippen LogP contribution in [0.15, 0.2) is 24.4 Å². The van der Waals surface area contributed by atoms with Crippen molar-refractivity contribution in [3.05, 3.63) is 41.2 Å². The van der Waals surface area contributed by atoms with Crippen molar-refractivity contribution < 1.29 is 4.79 Å². The molecule has 0 radical (unpaired) electrons. The van der Waals surface area contributed by atoms with E-state index in [-0.39, 0.29) is 18.3 Å². The summed E-state index contributed by atoms with van der Waals surface area (Å²) in [6.45, 7) is 2.57. The number of rotatable bonds is 1. The molecule has 2 heterocycles. The van der Waals surface area contributed by atoms with Gasteiger partial charge in [0.1, 0.15) is 0 Å². The number of anilines is 2. The molecule has 1 aliphatic heterocycles. The molecule has 3 rings (SSSR count). The molecule has 0 aliphatic carbocycles. The summed E-state index contributed by atoms with van der Waals surface area (Å²) < 4.78 is 0. The highest BCUT2D eigenvalue weighted by atomic mass is 35.5. The van der Waals surface area contributed by atoms with Gasteiger partial charge in [-0.15, -0.1) is 12.4 Å². The maximum Gasteiger partial charge on any atom is 0.261 e. The lowest BCUT2D eigenvalue weighted by Gasteiger charge is -2.30. The maximum atomic E-state index is 12.6. The zero-order valence-electron chi connectivity index (χ0n) is 11.2. The number of hydrogen-bond donors (Lipinski definition) is 2. The first-order valence-corrected chi connectivity index (χ1v) is 6.37. The fourth-order valence-electron chi connectivity index (χ4n) is 2.57. The number of carbonyl (C=O) groups excluding carboxylic acids is 1. The molecule has 20 heavy (non-hydrogen) atoms. The SMILES string of the molecule is Cc1[nH]ncc1C(=O)N1CCCc2c(N)cccc21.Cl. The molecule has 0 atom stereocenters. The van der Waals surface area contributed by atoms with Crippen LogP contribution >= 0.6 is 12.4 Å². The number of aromatic amines is 1. The van der Waals surface area contributed by atoms with Gasteiger partial charge in [-0.3, -0.25) is 9.89 Å². The number of nitrogens with zero attached hydrogens (tertiary/aromatic N) is 2. The van der Waals surface area contributed by atoms with Crippen molar-refractivity contribution in [2.75, 3.05) is 17.2 Å². The van der Waals surface area contributed by atoms with E-state index < -0.39 is 0 Å². The molecule has 3 N–H and O–H groups in total. The minimum absolute atomic E-state index is 0. The monoisotopic (exact) mass is 292 g/mol. The minimum atomic E-state index is -0.0159. The third kappa shape index (κ3) is 2.25. The number of H-pyrrole nitrogens is 1. The number of benzene rings is 1. The van der Waals surface area contributed by atoms with E-state index >= 15 is 0 Å². The molecule has 0 saturated carbocycles. The first-order valence-electron chi connectivity index (χ1n) is 6.37. The van der Waals surface area contributed by atoms with Crippen LogP contribution < -0.4 is 10.6 Å². The molecular weight excluding hydrogens is 276 g/mol. The molecule has 1 aromatic heterocycles. The topological polar surface area (TPSA) is 75.0 Å². The van der Waals surface area contributed by atoms with Crippen LogP contribution in [0.3, 0.4) is 0 Å². The van der Waals surface area contributed by atoms with Crippen molar-refractivity contribution >= 4 is 29.7 Å². The lowest BCUT2D eigenvalue weighted by molar-refractivity contribution is 0.0984. The number of halogens is 1. The Bertz CT molecular complexity index is 638. The Hall–Kier alpha value is -2.01. The second-order valence-corrected chi connectivity index (χ2v) is 4.81. The molecule has 106 valence electrons. The third-order valence-corrected chi connectivity index (χ3v) is 3.59. The van der Waals surface area contributed by atoms with E-state index in [1.54, 1.807) is 11.1 Å². The summed E-state index contributed by atoms with van der Waals surface area (Å²) in [7, 11) is 0. The van der Waals surface area contributed by atoms with Crippen LogP contribution in [-0.2, 0) is 6.42 Å². The van der Waals surface area contributed by atoms with Crippen LogP contribution in [0.5, 0.6) is 0 Å². The highest BCUT2D eigenvalue weighted by Crippen LogP contribution is 2.32. The zero-order valence-corrected chi connectivity index (χ0v) is 12.0. The smallest absolute Gasteiger partial charge is 0.261 e. The summed E-state index contributed by atoms with van der Waals surface area (Å²) in [5, 5.41) is 6.72. The Kier molecular flexibility index (Phi) is 3.99. The molecule has 0 saturated heterocycles. The number of carbonyl (C=O) groups is 1. The molecular formula is C14H17ClN4O. The Labute approximate surface area is 123 Å². The number of amides is 1. The van der Waals surface area contributed by atoms with Gasteiger partial charge in [-0.05, 0) is 37.5 Å². The summed E-state index contributed by atoms with van der Waals surface area (Å²) in [6, 6.07) is 5.73. The Morgan fingerprint density at radius 3 is 2.95 bits per heavy atom. The average Bonchev–Trinajstić information content (AvgIpc) is 2.84. The second-order valence-electron chi connectivity index (χ2n) is 4.81. The number of aromatic nitrogens is 2. The predicted octanol–water partition coefficient (Wildman–Crippen LogP) is 2.32. The van der Waals surface area contributed by atoms with E-state index in [1.165, 1.54) is 0 Å². The predicted molar refractivity (Wildman–Crippen MR) is 81.4 cm³/mol. The fraction of sp³-hybridized carbons (Fsp3) is 0.286. The van der Waals surface area contributed by atoms with Crippen molar-refractivity contribution in [2.24, 2.45) is 0 Å². The normalized spacial score (nSPS) is 13.6. The molecule has 2 aromatic rings. The van der Waals surface area contributed by atoms with Gasteiger partial charge < -0.3 is 10.6 Å². The molecule has 0 spiro atoms. The maximum absolute atomic E-state index is 12.6. The quantitative estimate of drug-likeness (QED) is 0.792. The highest BCUT2D eigenvalue weighted by molar-refractivity contribution is 6.07. The van der Waals surface area contributed by atoms with Gasteiger partial charge in [0.15, 0.2) is 0 Å². The lowest BCUT2D eigenvalue weighted by Crippen LogP contribution is -2.35. The second kappa shape index (κ2) is 5.54. The Balaban J connectivity index is 0.00000147. The van der Waals surface area contributed by atoms with Crippen molar-refractivity contribution in [3.63, 3.8) is 0 Å². The first-order chi connectivity index (χ1) is 9.18. The standard InChI is InChI=1S/C14H16N4O.ClH/c1-9-11(8-16-17-9)14(19)18-7-3-4-10-12(15)5-2-6-13(10)18;/h2,5-6,8H,3-4,7,15H2,1H3,(H,16,17);1H. The summed E-state index contributed by atoms with van der Waals surface area (Å²) >= 11 is 0. The van der Waals surface area contributed by atoms with Gasteiger partial charge in [-0.2, -0.15) is 5.10 Å². The van der Waals surface area contributed by atoms with Crippen molar-refractivity contribution in [1.82, 2.24) is 10.2 Å². The van der Waals surface area contributed by atoms with Gasteiger partial charge >= 0.3 is 0 Å². The van der Waals surface area contributed by atoms with E-state index in [0.717, 1.165) is 42.0 Å².